The van der Waals surface area contributed by atoms with Crippen molar-refractivity contribution in [1.82, 2.24) is 19.9 Å². The topological polar surface area (TPSA) is 96.9 Å². The smallest absolute Gasteiger partial charge is 0.329 e. The monoisotopic (exact) mass is 408 g/mol. The summed E-state index contributed by atoms with van der Waals surface area (Å²) >= 11 is 0. The third-order valence-corrected chi connectivity index (χ3v) is 5.37. The largest absolute Gasteiger partial charge is 0.351 e. The van der Waals surface area contributed by atoms with Crippen LogP contribution in [0.1, 0.15) is 62.2 Å². The van der Waals surface area contributed by atoms with Crippen LogP contribution in [0, 0.1) is 0 Å². The second-order valence-electron chi connectivity index (χ2n) is 8.38. The van der Waals surface area contributed by atoms with Gasteiger partial charge in [-0.1, -0.05) is 58.0 Å². The fourth-order valence-corrected chi connectivity index (χ4v) is 3.45. The van der Waals surface area contributed by atoms with Crippen LogP contribution in [-0.2, 0) is 12.0 Å². The van der Waals surface area contributed by atoms with Gasteiger partial charge in [0.2, 0.25) is 0 Å². The Balaban J connectivity index is 2.07. The van der Waals surface area contributed by atoms with Crippen molar-refractivity contribution in [2.24, 2.45) is 0 Å². The van der Waals surface area contributed by atoms with Gasteiger partial charge in [-0.05, 0) is 24.5 Å². The number of carbonyl (C=O) groups excluding carboxylic acids is 1. The Morgan fingerprint density at radius 1 is 1.20 bits per heavy atom. The average Bonchev–Trinajstić information content (AvgIpc) is 2.72. The van der Waals surface area contributed by atoms with E-state index in [0.29, 0.717) is 18.8 Å². The van der Waals surface area contributed by atoms with Gasteiger partial charge < -0.3 is 5.32 Å². The second-order valence-corrected chi connectivity index (χ2v) is 8.38. The molecule has 1 aromatic carbocycles. The summed E-state index contributed by atoms with van der Waals surface area (Å²) in [5, 5.41) is 3.10. The first-order valence-electron chi connectivity index (χ1n) is 10.2. The number of amides is 1. The van der Waals surface area contributed by atoms with E-state index in [1.807, 2.05) is 58.0 Å². The van der Waals surface area contributed by atoms with Gasteiger partial charge >= 0.3 is 5.69 Å². The van der Waals surface area contributed by atoms with Crippen LogP contribution in [-0.4, -0.2) is 27.0 Å². The zero-order valence-corrected chi connectivity index (χ0v) is 18.1. The van der Waals surface area contributed by atoms with E-state index in [1.54, 1.807) is 13.0 Å². The van der Waals surface area contributed by atoms with E-state index in [0.717, 1.165) is 5.56 Å². The summed E-state index contributed by atoms with van der Waals surface area (Å²) in [5.74, 6) is -0.332. The molecule has 0 unspecified atom stereocenters. The van der Waals surface area contributed by atoms with E-state index < -0.39 is 11.2 Å². The molecular formula is C23H28N4O3. The number of aromatic amines is 1. The minimum Gasteiger partial charge on any atom is -0.351 e. The molecule has 2 aromatic heterocycles. The quantitative estimate of drug-likeness (QED) is 0.655. The van der Waals surface area contributed by atoms with Crippen molar-refractivity contribution in [2.75, 3.05) is 6.54 Å². The third-order valence-electron chi connectivity index (χ3n) is 5.37. The molecule has 0 atom stereocenters. The SMILES string of the molecule is CCn1c(=O)[nH]c(=O)c2c(C(=O)NCC(C)(C)c3ccccc3)cc(C(C)C)nc21. The van der Waals surface area contributed by atoms with Crippen LogP contribution in [0.3, 0.4) is 0 Å². The maximum absolute atomic E-state index is 13.2. The molecule has 0 bridgehead atoms. The van der Waals surface area contributed by atoms with Gasteiger partial charge in [0.15, 0.2) is 5.65 Å². The molecule has 0 spiro atoms. The Morgan fingerprint density at radius 3 is 2.47 bits per heavy atom. The summed E-state index contributed by atoms with van der Waals surface area (Å²) < 4.78 is 1.38. The van der Waals surface area contributed by atoms with Gasteiger partial charge in [0.1, 0.15) is 0 Å². The lowest BCUT2D eigenvalue weighted by Gasteiger charge is -2.26. The Morgan fingerprint density at radius 2 is 1.87 bits per heavy atom. The van der Waals surface area contributed by atoms with E-state index in [9.17, 15) is 14.4 Å². The number of benzene rings is 1. The number of carbonyl (C=O) groups is 1. The first-order chi connectivity index (χ1) is 14.2. The number of pyridine rings is 1. The van der Waals surface area contributed by atoms with Gasteiger partial charge in [-0.25, -0.2) is 9.78 Å². The van der Waals surface area contributed by atoms with E-state index in [2.05, 4.69) is 15.3 Å². The first kappa shape index (κ1) is 21.5. The normalized spacial score (nSPS) is 11.8. The van der Waals surface area contributed by atoms with Gasteiger partial charge in [0.05, 0.1) is 10.9 Å². The van der Waals surface area contributed by atoms with E-state index in [4.69, 9.17) is 0 Å². The molecule has 7 nitrogen and oxygen atoms in total. The lowest BCUT2D eigenvalue weighted by molar-refractivity contribution is 0.0947. The Labute approximate surface area is 175 Å². The van der Waals surface area contributed by atoms with Crippen LogP contribution in [0.25, 0.3) is 11.0 Å². The highest BCUT2D eigenvalue weighted by Gasteiger charge is 2.24. The Kier molecular flexibility index (Phi) is 5.92. The van der Waals surface area contributed by atoms with Crippen LogP contribution in [0.15, 0.2) is 46.0 Å². The highest BCUT2D eigenvalue weighted by atomic mass is 16.2. The summed E-state index contributed by atoms with van der Waals surface area (Å²) in [6, 6.07) is 11.6. The van der Waals surface area contributed by atoms with Crippen molar-refractivity contribution < 1.29 is 4.79 Å². The molecule has 3 aromatic rings. The van der Waals surface area contributed by atoms with Crippen molar-refractivity contribution >= 4 is 16.9 Å². The summed E-state index contributed by atoms with van der Waals surface area (Å²) in [7, 11) is 0. The number of H-pyrrole nitrogens is 1. The van der Waals surface area contributed by atoms with E-state index in [-0.39, 0.29) is 33.8 Å². The molecule has 3 rings (SSSR count). The van der Waals surface area contributed by atoms with Crippen molar-refractivity contribution in [2.45, 2.75) is 52.5 Å². The van der Waals surface area contributed by atoms with E-state index in [1.165, 1.54) is 4.57 Å². The predicted octanol–water partition coefficient (Wildman–Crippen LogP) is 2.94. The Hall–Kier alpha value is -3.22. The molecule has 0 saturated heterocycles. The molecule has 0 aliphatic rings. The Bertz CT molecular complexity index is 1190. The minimum absolute atomic E-state index is 0.0291. The molecule has 0 radical (unpaired) electrons. The van der Waals surface area contributed by atoms with E-state index >= 15 is 0 Å². The van der Waals surface area contributed by atoms with Crippen molar-refractivity contribution in [3.8, 4) is 0 Å². The molecule has 0 saturated carbocycles. The molecule has 2 N–H and O–H groups in total. The second kappa shape index (κ2) is 8.26. The zero-order chi connectivity index (χ0) is 22.1. The fourth-order valence-electron chi connectivity index (χ4n) is 3.45. The van der Waals surface area contributed by atoms with Crippen LogP contribution in [0.2, 0.25) is 0 Å². The first-order valence-corrected chi connectivity index (χ1v) is 10.2. The molecule has 158 valence electrons. The van der Waals surface area contributed by atoms with Gasteiger partial charge in [0, 0.05) is 24.2 Å². The molecule has 0 fully saturated rings. The summed E-state index contributed by atoms with van der Waals surface area (Å²) in [4.78, 5) is 44.8. The van der Waals surface area contributed by atoms with Crippen LogP contribution in [0.4, 0.5) is 0 Å². The maximum Gasteiger partial charge on any atom is 0.329 e. The van der Waals surface area contributed by atoms with Crippen LogP contribution >= 0.6 is 0 Å². The van der Waals surface area contributed by atoms with Crippen LogP contribution in [0.5, 0.6) is 0 Å². The number of nitrogens with zero attached hydrogens (tertiary/aromatic N) is 2. The lowest BCUT2D eigenvalue weighted by atomic mass is 9.84. The molecule has 0 aliphatic carbocycles. The number of hydrogen-bond acceptors (Lipinski definition) is 4. The van der Waals surface area contributed by atoms with Crippen molar-refractivity contribution in [3.63, 3.8) is 0 Å². The molecule has 7 heteroatoms. The molecule has 2 heterocycles. The van der Waals surface area contributed by atoms with Gasteiger partial charge in [-0.3, -0.25) is 19.1 Å². The summed E-state index contributed by atoms with van der Waals surface area (Å²) in [5.41, 5.74) is 0.807. The highest BCUT2D eigenvalue weighted by molar-refractivity contribution is 6.05. The minimum atomic E-state index is -0.602. The van der Waals surface area contributed by atoms with Gasteiger partial charge in [-0.15, -0.1) is 0 Å². The summed E-state index contributed by atoms with van der Waals surface area (Å²) in [6.45, 7) is 10.5. The van der Waals surface area contributed by atoms with Crippen LogP contribution < -0.4 is 16.6 Å². The highest BCUT2D eigenvalue weighted by Crippen LogP contribution is 2.23. The fraction of sp³-hybridized carbons (Fsp3) is 0.391. The maximum atomic E-state index is 13.2. The summed E-state index contributed by atoms with van der Waals surface area (Å²) in [6.07, 6.45) is 0. The van der Waals surface area contributed by atoms with Crippen molar-refractivity contribution in [3.05, 3.63) is 74.1 Å². The molecule has 1 amide bonds. The van der Waals surface area contributed by atoms with Crippen molar-refractivity contribution in [1.29, 1.82) is 0 Å². The number of rotatable bonds is 6. The molecular weight excluding hydrogens is 380 g/mol. The van der Waals surface area contributed by atoms with Gasteiger partial charge in [-0.2, -0.15) is 0 Å². The number of fused-ring (bicyclic) bond motifs is 1. The predicted molar refractivity (Wildman–Crippen MR) is 118 cm³/mol. The zero-order valence-electron chi connectivity index (χ0n) is 18.1. The van der Waals surface area contributed by atoms with Gasteiger partial charge in [0.25, 0.3) is 11.5 Å². The third kappa shape index (κ3) is 4.06. The standard InChI is InChI=1S/C23H28N4O3/c1-6-27-19-18(21(29)26-22(27)30)16(12-17(25-19)14(2)3)20(28)24-13-23(4,5)15-10-8-7-9-11-15/h7-12,14H,6,13H2,1-5H3,(H,24,28)(H,26,29,30). The average molecular weight is 409 g/mol. The number of aromatic nitrogens is 3. The number of hydrogen-bond donors (Lipinski definition) is 2. The number of aryl methyl sites for hydroxylation is 1. The lowest BCUT2D eigenvalue weighted by Crippen LogP contribution is -2.38. The molecule has 0 aliphatic heterocycles. The number of nitrogens with one attached hydrogen (secondary N) is 2. The molecule has 30 heavy (non-hydrogen) atoms.